The van der Waals surface area contributed by atoms with Gasteiger partial charge in [0.25, 0.3) is 0 Å². The summed E-state index contributed by atoms with van der Waals surface area (Å²) in [5, 5.41) is 11.6. The molecule has 2 rings (SSSR count). The van der Waals surface area contributed by atoms with Crippen molar-refractivity contribution in [1.29, 1.82) is 0 Å². The van der Waals surface area contributed by atoms with E-state index in [1.807, 2.05) is 50.2 Å². The van der Waals surface area contributed by atoms with E-state index in [0.29, 0.717) is 6.54 Å². The second-order valence-corrected chi connectivity index (χ2v) is 4.49. The fourth-order valence-electron chi connectivity index (χ4n) is 1.67. The largest absolute Gasteiger partial charge is 0.412 e. The molecule has 0 radical (unpaired) electrons. The van der Waals surface area contributed by atoms with Crippen molar-refractivity contribution in [2.45, 2.75) is 19.9 Å². The Morgan fingerprint density at radius 2 is 1.76 bits per heavy atom. The summed E-state index contributed by atoms with van der Waals surface area (Å²) >= 11 is 0. The van der Waals surface area contributed by atoms with Gasteiger partial charge >= 0.3 is 0 Å². The number of nitrogens with zero attached hydrogens (tertiary/aromatic N) is 2. The molecule has 21 heavy (non-hydrogen) atoms. The van der Waals surface area contributed by atoms with Crippen LogP contribution in [0.2, 0.25) is 0 Å². The van der Waals surface area contributed by atoms with Crippen molar-refractivity contribution in [3.05, 3.63) is 42.0 Å². The van der Waals surface area contributed by atoms with Crippen LogP contribution in [0.25, 0.3) is 11.3 Å². The van der Waals surface area contributed by atoms with Crippen molar-refractivity contribution in [2.24, 2.45) is 5.73 Å². The number of aryl methyl sites for hydroxylation is 1. The third-order valence-corrected chi connectivity index (χ3v) is 2.65. The van der Waals surface area contributed by atoms with E-state index < -0.39 is 0 Å². The molecule has 7 heteroatoms. The summed E-state index contributed by atoms with van der Waals surface area (Å²) in [6.45, 7) is 4.67. The maximum Gasteiger partial charge on any atom is 0.151 e. The summed E-state index contributed by atoms with van der Waals surface area (Å²) in [7, 11) is 0. The molecule has 118 valence electrons. The SMILES string of the molecule is Cc1cc(-c2ccccc2)nnc1NCC(C)N.Cl.Cl.O. The fraction of sp³-hybridized carbons (Fsp3) is 0.286. The Bertz CT molecular complexity index is 524. The van der Waals surface area contributed by atoms with Crippen LogP contribution in [-0.4, -0.2) is 28.3 Å². The molecule has 1 heterocycles. The van der Waals surface area contributed by atoms with Gasteiger partial charge < -0.3 is 16.5 Å². The van der Waals surface area contributed by atoms with Crippen LogP contribution in [0.15, 0.2) is 36.4 Å². The summed E-state index contributed by atoms with van der Waals surface area (Å²) in [6, 6.07) is 12.2. The first-order valence-electron chi connectivity index (χ1n) is 6.06. The van der Waals surface area contributed by atoms with Crippen molar-refractivity contribution < 1.29 is 5.48 Å². The van der Waals surface area contributed by atoms with Crippen LogP contribution in [0.3, 0.4) is 0 Å². The van der Waals surface area contributed by atoms with Gasteiger partial charge in [-0.2, -0.15) is 0 Å². The molecule has 5 N–H and O–H groups in total. The van der Waals surface area contributed by atoms with E-state index in [1.165, 1.54) is 0 Å². The number of nitrogens with one attached hydrogen (secondary N) is 1. The van der Waals surface area contributed by atoms with E-state index >= 15 is 0 Å². The molecule has 1 unspecified atom stereocenters. The van der Waals surface area contributed by atoms with Crippen molar-refractivity contribution in [2.75, 3.05) is 11.9 Å². The number of hydrogen-bond donors (Lipinski definition) is 2. The zero-order valence-corrected chi connectivity index (χ0v) is 13.7. The quantitative estimate of drug-likeness (QED) is 0.897. The molecule has 0 bridgehead atoms. The van der Waals surface area contributed by atoms with Crippen molar-refractivity contribution in [3.63, 3.8) is 0 Å². The molecule has 0 amide bonds. The van der Waals surface area contributed by atoms with Crippen LogP contribution in [0, 0.1) is 6.92 Å². The van der Waals surface area contributed by atoms with E-state index in [9.17, 15) is 0 Å². The summed E-state index contributed by atoms with van der Waals surface area (Å²) < 4.78 is 0. The van der Waals surface area contributed by atoms with Crippen molar-refractivity contribution in [3.8, 4) is 11.3 Å². The van der Waals surface area contributed by atoms with E-state index in [1.54, 1.807) is 0 Å². The molecule has 0 aliphatic carbocycles. The van der Waals surface area contributed by atoms with Gasteiger partial charge in [0.05, 0.1) is 5.69 Å². The van der Waals surface area contributed by atoms with Gasteiger partial charge in [-0.3, -0.25) is 0 Å². The Hall–Kier alpha value is -1.40. The number of aromatic nitrogens is 2. The number of rotatable bonds is 4. The van der Waals surface area contributed by atoms with E-state index in [2.05, 4.69) is 15.5 Å². The highest BCUT2D eigenvalue weighted by atomic mass is 35.5. The Kier molecular flexibility index (Phi) is 10.8. The van der Waals surface area contributed by atoms with Gasteiger partial charge in [-0.15, -0.1) is 35.0 Å². The van der Waals surface area contributed by atoms with Crippen LogP contribution < -0.4 is 11.1 Å². The lowest BCUT2D eigenvalue weighted by atomic mass is 10.1. The first-order chi connectivity index (χ1) is 8.66. The maximum absolute atomic E-state index is 5.70. The van der Waals surface area contributed by atoms with Crippen LogP contribution in [-0.2, 0) is 0 Å². The third-order valence-electron chi connectivity index (χ3n) is 2.65. The van der Waals surface area contributed by atoms with Crippen LogP contribution in [0.4, 0.5) is 5.82 Å². The van der Waals surface area contributed by atoms with E-state index in [4.69, 9.17) is 5.73 Å². The predicted octanol–water partition coefficient (Wildman–Crippen LogP) is 2.23. The van der Waals surface area contributed by atoms with Gasteiger partial charge in [-0.1, -0.05) is 30.3 Å². The number of nitrogens with two attached hydrogens (primary N) is 1. The highest BCUT2D eigenvalue weighted by Crippen LogP contribution is 2.19. The molecular formula is C14H22Cl2N4O. The number of halogens is 2. The lowest BCUT2D eigenvalue weighted by molar-refractivity contribution is 0.774. The van der Waals surface area contributed by atoms with Gasteiger partial charge in [0, 0.05) is 18.2 Å². The molecule has 2 aromatic rings. The average molecular weight is 333 g/mol. The Balaban J connectivity index is 0. The smallest absolute Gasteiger partial charge is 0.151 e. The third kappa shape index (κ3) is 6.27. The molecule has 1 aromatic heterocycles. The minimum atomic E-state index is 0. The minimum Gasteiger partial charge on any atom is -0.412 e. The minimum absolute atomic E-state index is 0. The normalized spacial score (nSPS) is 10.4. The summed E-state index contributed by atoms with van der Waals surface area (Å²) in [5.74, 6) is 0.798. The monoisotopic (exact) mass is 332 g/mol. The van der Waals surface area contributed by atoms with Crippen LogP contribution in [0.1, 0.15) is 12.5 Å². The Labute approximate surface area is 137 Å². The molecule has 0 saturated heterocycles. The summed E-state index contributed by atoms with van der Waals surface area (Å²) in [6.07, 6.45) is 0. The van der Waals surface area contributed by atoms with E-state index in [0.717, 1.165) is 22.6 Å². The topological polar surface area (TPSA) is 95.3 Å². The molecule has 0 aliphatic rings. The van der Waals surface area contributed by atoms with Crippen molar-refractivity contribution in [1.82, 2.24) is 10.2 Å². The van der Waals surface area contributed by atoms with Gasteiger partial charge in [0.2, 0.25) is 0 Å². The standard InChI is InChI=1S/C14H18N4.2ClH.H2O/c1-10-8-13(12-6-4-3-5-7-12)17-18-14(10)16-9-11(2)15;;;/h3-8,11H,9,15H2,1-2H3,(H,16,18);2*1H;1H2. The Morgan fingerprint density at radius 3 is 2.29 bits per heavy atom. The molecule has 0 spiro atoms. The second kappa shape index (κ2) is 10.3. The van der Waals surface area contributed by atoms with Gasteiger partial charge in [-0.25, -0.2) is 0 Å². The molecule has 1 atom stereocenters. The van der Waals surface area contributed by atoms with Gasteiger partial charge in [0.15, 0.2) is 5.82 Å². The second-order valence-electron chi connectivity index (χ2n) is 4.49. The lowest BCUT2D eigenvalue weighted by Gasteiger charge is -2.10. The maximum atomic E-state index is 5.70. The van der Waals surface area contributed by atoms with Gasteiger partial charge in [0.1, 0.15) is 0 Å². The highest BCUT2D eigenvalue weighted by molar-refractivity contribution is 5.85. The zero-order valence-electron chi connectivity index (χ0n) is 12.0. The van der Waals surface area contributed by atoms with E-state index in [-0.39, 0.29) is 36.3 Å². The summed E-state index contributed by atoms with van der Waals surface area (Å²) in [5.41, 5.74) is 8.74. The molecular weight excluding hydrogens is 311 g/mol. The van der Waals surface area contributed by atoms with Crippen LogP contribution >= 0.6 is 24.8 Å². The molecule has 0 saturated carbocycles. The molecule has 1 aromatic carbocycles. The predicted molar refractivity (Wildman–Crippen MR) is 92.5 cm³/mol. The fourth-order valence-corrected chi connectivity index (χ4v) is 1.67. The number of hydrogen-bond acceptors (Lipinski definition) is 4. The van der Waals surface area contributed by atoms with Crippen LogP contribution in [0.5, 0.6) is 0 Å². The molecule has 5 nitrogen and oxygen atoms in total. The Morgan fingerprint density at radius 1 is 1.14 bits per heavy atom. The van der Waals surface area contributed by atoms with Crippen molar-refractivity contribution >= 4 is 30.6 Å². The first-order valence-corrected chi connectivity index (χ1v) is 6.06. The zero-order chi connectivity index (χ0) is 13.0. The highest BCUT2D eigenvalue weighted by Gasteiger charge is 2.05. The van der Waals surface area contributed by atoms with Gasteiger partial charge in [-0.05, 0) is 25.5 Å². The summed E-state index contributed by atoms with van der Waals surface area (Å²) in [4.78, 5) is 0. The number of benzene rings is 1. The molecule has 0 fully saturated rings. The lowest BCUT2D eigenvalue weighted by Crippen LogP contribution is -2.25. The first kappa shape index (κ1) is 21.9. The number of anilines is 1. The average Bonchev–Trinajstić information content (AvgIpc) is 2.38. The molecule has 0 aliphatic heterocycles.